The van der Waals surface area contributed by atoms with Gasteiger partial charge in [-0.25, -0.2) is 4.98 Å². The van der Waals surface area contributed by atoms with E-state index in [1.807, 2.05) is 41.8 Å². The Balaban J connectivity index is 1.61. The summed E-state index contributed by atoms with van der Waals surface area (Å²) in [5.74, 6) is 0.327. The fraction of sp³-hybridized carbons (Fsp3) is 0.238. The zero-order valence-corrected chi connectivity index (χ0v) is 15.9. The number of nitrogens with zero attached hydrogens (tertiary/aromatic N) is 2. The number of amides is 1. The molecule has 6 nitrogen and oxygen atoms in total. The number of anilines is 1. The van der Waals surface area contributed by atoms with E-state index in [2.05, 4.69) is 12.1 Å². The van der Waals surface area contributed by atoms with Gasteiger partial charge >= 0.3 is 0 Å². The van der Waals surface area contributed by atoms with Crippen molar-refractivity contribution >= 4 is 22.9 Å². The Morgan fingerprint density at radius 1 is 1.21 bits per heavy atom. The predicted molar refractivity (Wildman–Crippen MR) is 108 cm³/mol. The SMILES string of the molecule is O=C1COc2ccc(-c3csc(Cc4ccccc4)n3)cc2N1CC(O)CO. The van der Waals surface area contributed by atoms with E-state index in [1.165, 1.54) is 10.5 Å². The van der Waals surface area contributed by atoms with E-state index in [9.17, 15) is 9.90 Å². The molecule has 28 heavy (non-hydrogen) atoms. The average molecular weight is 396 g/mol. The van der Waals surface area contributed by atoms with E-state index in [1.54, 1.807) is 11.3 Å². The van der Waals surface area contributed by atoms with Crippen molar-refractivity contribution in [1.29, 1.82) is 0 Å². The lowest BCUT2D eigenvalue weighted by Gasteiger charge is -2.30. The summed E-state index contributed by atoms with van der Waals surface area (Å²) in [6, 6.07) is 15.7. The number of aliphatic hydroxyl groups is 2. The largest absolute Gasteiger partial charge is 0.482 e. The molecular formula is C21H20N2O4S. The molecule has 7 heteroatoms. The fourth-order valence-electron chi connectivity index (χ4n) is 3.13. The van der Waals surface area contributed by atoms with Crippen LogP contribution in [0.4, 0.5) is 5.69 Å². The van der Waals surface area contributed by atoms with E-state index >= 15 is 0 Å². The number of β-amino-alcohol motifs (C(OH)–C–C–N with tert-alkyl or cyclic N) is 1. The number of hydrogen-bond donors (Lipinski definition) is 2. The van der Waals surface area contributed by atoms with Crippen LogP contribution in [0, 0.1) is 0 Å². The highest BCUT2D eigenvalue weighted by atomic mass is 32.1. The van der Waals surface area contributed by atoms with E-state index in [-0.39, 0.29) is 19.1 Å². The molecule has 1 unspecified atom stereocenters. The molecular weight excluding hydrogens is 376 g/mol. The molecule has 3 aromatic rings. The van der Waals surface area contributed by atoms with Crippen LogP contribution in [0.3, 0.4) is 0 Å². The second-order valence-electron chi connectivity index (χ2n) is 6.60. The Kier molecular flexibility index (Phi) is 5.38. The molecule has 2 N–H and O–H groups in total. The molecule has 0 saturated heterocycles. The fourth-order valence-corrected chi connectivity index (χ4v) is 3.96. The number of thiazole rings is 1. The number of ether oxygens (including phenoxy) is 1. The maximum atomic E-state index is 12.3. The lowest BCUT2D eigenvalue weighted by Crippen LogP contribution is -2.44. The number of benzene rings is 2. The molecule has 0 fully saturated rings. The summed E-state index contributed by atoms with van der Waals surface area (Å²) in [7, 11) is 0. The Morgan fingerprint density at radius 3 is 2.82 bits per heavy atom. The van der Waals surface area contributed by atoms with Crippen molar-refractivity contribution in [2.75, 3.05) is 24.7 Å². The number of carbonyl (C=O) groups excluding carboxylic acids is 1. The summed E-state index contributed by atoms with van der Waals surface area (Å²) in [4.78, 5) is 18.4. The molecule has 2 heterocycles. The lowest BCUT2D eigenvalue weighted by atomic mass is 10.1. The van der Waals surface area contributed by atoms with Gasteiger partial charge in [-0.2, -0.15) is 0 Å². The van der Waals surface area contributed by atoms with Gasteiger partial charge in [-0.3, -0.25) is 4.79 Å². The minimum Gasteiger partial charge on any atom is -0.482 e. The van der Waals surface area contributed by atoms with Crippen LogP contribution in [0.15, 0.2) is 53.9 Å². The first-order valence-electron chi connectivity index (χ1n) is 8.99. The van der Waals surface area contributed by atoms with Crippen LogP contribution in [0.1, 0.15) is 10.6 Å². The van der Waals surface area contributed by atoms with Gasteiger partial charge in [0.1, 0.15) is 5.75 Å². The van der Waals surface area contributed by atoms with Crippen molar-refractivity contribution in [2.24, 2.45) is 0 Å². The Morgan fingerprint density at radius 2 is 2.04 bits per heavy atom. The molecule has 0 aliphatic carbocycles. The highest BCUT2D eigenvalue weighted by Crippen LogP contribution is 2.36. The van der Waals surface area contributed by atoms with E-state index in [0.29, 0.717) is 11.4 Å². The van der Waals surface area contributed by atoms with Crippen LogP contribution in [0.5, 0.6) is 5.75 Å². The van der Waals surface area contributed by atoms with Crippen molar-refractivity contribution < 1.29 is 19.7 Å². The normalized spacial score (nSPS) is 14.5. The summed E-state index contributed by atoms with van der Waals surface area (Å²) >= 11 is 1.60. The average Bonchev–Trinajstić information content (AvgIpc) is 3.19. The minimum absolute atomic E-state index is 0.0193. The van der Waals surface area contributed by atoms with E-state index < -0.39 is 12.7 Å². The molecule has 4 rings (SSSR count). The van der Waals surface area contributed by atoms with Gasteiger partial charge in [-0.05, 0) is 23.8 Å². The third kappa shape index (κ3) is 3.91. The van der Waals surface area contributed by atoms with Gasteiger partial charge in [0.05, 0.1) is 35.6 Å². The molecule has 0 bridgehead atoms. The predicted octanol–water partition coefficient (Wildman–Crippen LogP) is 2.48. The Labute approximate surface area is 166 Å². The number of fused-ring (bicyclic) bond motifs is 1. The quantitative estimate of drug-likeness (QED) is 0.669. The van der Waals surface area contributed by atoms with Crippen molar-refractivity contribution in [2.45, 2.75) is 12.5 Å². The monoisotopic (exact) mass is 396 g/mol. The van der Waals surface area contributed by atoms with Crippen molar-refractivity contribution in [3.05, 3.63) is 64.5 Å². The molecule has 0 spiro atoms. The van der Waals surface area contributed by atoms with E-state index in [0.717, 1.165) is 22.7 Å². The third-order valence-electron chi connectivity index (χ3n) is 4.55. The first-order valence-corrected chi connectivity index (χ1v) is 9.87. The summed E-state index contributed by atoms with van der Waals surface area (Å²) in [5.41, 5.74) is 3.49. The molecule has 1 aliphatic rings. The second kappa shape index (κ2) is 8.10. The molecule has 0 radical (unpaired) electrons. The standard InChI is InChI=1S/C21H20N2O4S/c24-11-16(25)10-23-18-9-15(6-7-19(18)27-12-21(23)26)17-13-28-20(22-17)8-14-4-2-1-3-5-14/h1-7,9,13,16,24-25H,8,10-12H2. The molecule has 144 valence electrons. The Hall–Kier alpha value is -2.74. The van der Waals surface area contributed by atoms with Crippen LogP contribution in [-0.2, 0) is 11.2 Å². The zero-order chi connectivity index (χ0) is 19.5. The Bertz CT molecular complexity index is 974. The molecule has 1 aliphatic heterocycles. The second-order valence-corrected chi connectivity index (χ2v) is 7.54. The maximum Gasteiger partial charge on any atom is 0.265 e. The number of aromatic nitrogens is 1. The zero-order valence-electron chi connectivity index (χ0n) is 15.1. The minimum atomic E-state index is -1.00. The number of aliphatic hydroxyl groups excluding tert-OH is 2. The topological polar surface area (TPSA) is 82.9 Å². The van der Waals surface area contributed by atoms with E-state index in [4.69, 9.17) is 14.8 Å². The van der Waals surface area contributed by atoms with Crippen LogP contribution < -0.4 is 9.64 Å². The number of carbonyl (C=O) groups is 1. The van der Waals surface area contributed by atoms with Crippen LogP contribution in [0.2, 0.25) is 0 Å². The molecule has 0 saturated carbocycles. The van der Waals surface area contributed by atoms with Gasteiger partial charge in [-0.1, -0.05) is 30.3 Å². The third-order valence-corrected chi connectivity index (χ3v) is 5.40. The van der Waals surface area contributed by atoms with Crippen LogP contribution >= 0.6 is 11.3 Å². The van der Waals surface area contributed by atoms with Gasteiger partial charge < -0.3 is 19.8 Å². The molecule has 1 amide bonds. The van der Waals surface area contributed by atoms with Crippen LogP contribution in [0.25, 0.3) is 11.3 Å². The summed E-state index contributed by atoms with van der Waals surface area (Å²) < 4.78 is 5.50. The maximum absolute atomic E-state index is 12.3. The molecule has 2 aromatic carbocycles. The molecule has 1 aromatic heterocycles. The van der Waals surface area contributed by atoms with Crippen molar-refractivity contribution in [3.63, 3.8) is 0 Å². The summed E-state index contributed by atoms with van der Waals surface area (Å²) in [6.07, 6.45) is -0.234. The lowest BCUT2D eigenvalue weighted by molar-refractivity contribution is -0.121. The molecule has 1 atom stereocenters. The van der Waals surface area contributed by atoms with Crippen molar-refractivity contribution in [1.82, 2.24) is 4.98 Å². The van der Waals surface area contributed by atoms with Gasteiger partial charge in [0.25, 0.3) is 5.91 Å². The van der Waals surface area contributed by atoms with Crippen molar-refractivity contribution in [3.8, 4) is 17.0 Å². The first-order chi connectivity index (χ1) is 13.6. The highest BCUT2D eigenvalue weighted by Gasteiger charge is 2.27. The van der Waals surface area contributed by atoms with Crippen LogP contribution in [-0.4, -0.2) is 47.0 Å². The number of hydrogen-bond acceptors (Lipinski definition) is 6. The van der Waals surface area contributed by atoms with Gasteiger partial charge in [0.15, 0.2) is 6.61 Å². The summed E-state index contributed by atoms with van der Waals surface area (Å²) in [6.45, 7) is -0.470. The van der Waals surface area contributed by atoms with Gasteiger partial charge in [0, 0.05) is 17.4 Å². The number of rotatable bonds is 6. The smallest absolute Gasteiger partial charge is 0.265 e. The highest BCUT2D eigenvalue weighted by molar-refractivity contribution is 7.10. The van der Waals surface area contributed by atoms with Gasteiger partial charge in [-0.15, -0.1) is 11.3 Å². The first kappa shape index (κ1) is 18.6. The summed E-state index contributed by atoms with van der Waals surface area (Å²) in [5, 5.41) is 21.9. The van der Waals surface area contributed by atoms with Gasteiger partial charge in [0.2, 0.25) is 0 Å².